The van der Waals surface area contributed by atoms with E-state index in [1.807, 2.05) is 6.92 Å². The highest BCUT2D eigenvalue weighted by Gasteiger charge is 2.30. The molecule has 0 aromatic heterocycles. The average Bonchev–Trinajstić information content (AvgIpc) is 3.37. The van der Waals surface area contributed by atoms with E-state index in [1.165, 1.54) is 19.2 Å². The first-order valence-corrected chi connectivity index (χ1v) is 9.01. The number of benzene rings is 1. The Balaban J connectivity index is 2.16. The van der Waals surface area contributed by atoms with E-state index < -0.39 is 10.0 Å². The van der Waals surface area contributed by atoms with Gasteiger partial charge in [0.1, 0.15) is 10.6 Å². The molecule has 1 saturated carbocycles. The number of ether oxygens (including phenoxy) is 1. The fourth-order valence-corrected chi connectivity index (χ4v) is 3.25. The van der Waals surface area contributed by atoms with Crippen LogP contribution in [0.25, 0.3) is 0 Å². The number of carbonyl (C=O) groups excluding carboxylic acids is 1. The summed E-state index contributed by atoms with van der Waals surface area (Å²) in [5, 5.41) is 5.73. The lowest BCUT2D eigenvalue weighted by molar-refractivity contribution is -0.117. The van der Waals surface area contributed by atoms with Gasteiger partial charge >= 0.3 is 0 Å². The molecular formula is C15H23N3O4S. The maximum Gasteiger partial charge on any atom is 0.244 e. The van der Waals surface area contributed by atoms with Crippen molar-refractivity contribution in [2.45, 2.75) is 30.7 Å². The molecular weight excluding hydrogens is 318 g/mol. The van der Waals surface area contributed by atoms with E-state index in [4.69, 9.17) is 4.74 Å². The predicted molar refractivity (Wildman–Crippen MR) is 88.1 cm³/mol. The molecule has 8 heteroatoms. The van der Waals surface area contributed by atoms with E-state index in [9.17, 15) is 13.2 Å². The molecule has 23 heavy (non-hydrogen) atoms. The van der Waals surface area contributed by atoms with Crippen molar-refractivity contribution in [2.75, 3.05) is 26.0 Å². The first kappa shape index (κ1) is 17.7. The molecule has 1 aromatic carbocycles. The molecule has 0 bridgehead atoms. The molecule has 0 saturated heterocycles. The van der Waals surface area contributed by atoms with E-state index in [1.54, 1.807) is 13.1 Å². The van der Waals surface area contributed by atoms with Gasteiger partial charge in [-0.05, 0) is 38.9 Å². The number of carbonyl (C=O) groups is 1. The van der Waals surface area contributed by atoms with Crippen molar-refractivity contribution >= 4 is 21.6 Å². The minimum atomic E-state index is -3.69. The number of nitrogens with one attached hydrogen (secondary N) is 3. The molecule has 128 valence electrons. The smallest absolute Gasteiger partial charge is 0.244 e. The molecule has 1 aromatic rings. The van der Waals surface area contributed by atoms with Gasteiger partial charge in [-0.15, -0.1) is 0 Å². The number of methoxy groups -OCH3 is 1. The van der Waals surface area contributed by atoms with E-state index in [2.05, 4.69) is 15.4 Å². The van der Waals surface area contributed by atoms with Crippen molar-refractivity contribution < 1.29 is 17.9 Å². The number of likely N-dealkylation sites (N-methyl/N-ethyl adjacent to an activating group) is 1. The second-order valence-electron chi connectivity index (χ2n) is 5.67. The van der Waals surface area contributed by atoms with Gasteiger partial charge in [0.15, 0.2) is 0 Å². The Morgan fingerprint density at radius 3 is 2.65 bits per heavy atom. The second-order valence-corrected chi connectivity index (χ2v) is 7.41. The lowest BCUT2D eigenvalue weighted by Gasteiger charge is -2.15. The van der Waals surface area contributed by atoms with Crippen LogP contribution in [0.2, 0.25) is 0 Å². The number of anilines is 1. The molecule has 0 aliphatic heterocycles. The number of rotatable bonds is 8. The van der Waals surface area contributed by atoms with Crippen LogP contribution in [-0.2, 0) is 14.8 Å². The zero-order valence-electron chi connectivity index (χ0n) is 13.5. The zero-order valence-corrected chi connectivity index (χ0v) is 14.4. The van der Waals surface area contributed by atoms with Gasteiger partial charge in [0.2, 0.25) is 15.9 Å². The Hall–Kier alpha value is -1.64. The lowest BCUT2D eigenvalue weighted by Crippen LogP contribution is -2.37. The SMILES string of the molecule is CNC(C)CNS(=O)(=O)c1ccc(NC(=O)C2CC2)cc1OC. The van der Waals surface area contributed by atoms with E-state index >= 15 is 0 Å². The normalized spacial score (nSPS) is 16.0. The van der Waals surface area contributed by atoms with Gasteiger partial charge < -0.3 is 15.4 Å². The van der Waals surface area contributed by atoms with E-state index in [-0.39, 0.29) is 35.1 Å². The minimum Gasteiger partial charge on any atom is -0.495 e. The van der Waals surface area contributed by atoms with Crippen LogP contribution in [-0.4, -0.2) is 41.1 Å². The summed E-state index contributed by atoms with van der Waals surface area (Å²) in [6.45, 7) is 2.14. The molecule has 0 spiro atoms. The highest BCUT2D eigenvalue weighted by atomic mass is 32.2. The van der Waals surface area contributed by atoms with Crippen LogP contribution in [0.3, 0.4) is 0 Å². The zero-order chi connectivity index (χ0) is 17.0. The van der Waals surface area contributed by atoms with Gasteiger partial charge in [-0.1, -0.05) is 0 Å². The number of hydrogen-bond acceptors (Lipinski definition) is 5. The fourth-order valence-electron chi connectivity index (χ4n) is 1.97. The molecule has 1 amide bonds. The lowest BCUT2D eigenvalue weighted by atomic mass is 10.3. The van der Waals surface area contributed by atoms with Crippen LogP contribution in [0.15, 0.2) is 23.1 Å². The summed E-state index contributed by atoms with van der Waals surface area (Å²) in [6, 6.07) is 4.54. The van der Waals surface area contributed by atoms with Gasteiger partial charge in [0, 0.05) is 30.3 Å². The Kier molecular flexibility index (Phi) is 5.61. The maximum atomic E-state index is 12.4. The molecule has 7 nitrogen and oxygen atoms in total. The Bertz CT molecular complexity index is 671. The van der Waals surface area contributed by atoms with Crippen molar-refractivity contribution in [3.8, 4) is 5.75 Å². The molecule has 2 rings (SSSR count). The van der Waals surface area contributed by atoms with E-state index in [0.717, 1.165) is 12.8 Å². The van der Waals surface area contributed by atoms with Crippen LogP contribution in [0.1, 0.15) is 19.8 Å². The van der Waals surface area contributed by atoms with Crippen molar-refractivity contribution in [3.05, 3.63) is 18.2 Å². The predicted octanol–water partition coefficient (Wildman–Crippen LogP) is 0.930. The van der Waals surface area contributed by atoms with Gasteiger partial charge in [-0.25, -0.2) is 13.1 Å². The third-order valence-corrected chi connectivity index (χ3v) is 5.20. The molecule has 3 N–H and O–H groups in total. The Morgan fingerprint density at radius 2 is 2.09 bits per heavy atom. The van der Waals surface area contributed by atoms with Crippen LogP contribution in [0.4, 0.5) is 5.69 Å². The van der Waals surface area contributed by atoms with Crippen LogP contribution < -0.4 is 20.1 Å². The summed E-state index contributed by atoms with van der Waals surface area (Å²) in [7, 11) is -0.524. The van der Waals surface area contributed by atoms with Crippen molar-refractivity contribution in [3.63, 3.8) is 0 Å². The molecule has 0 heterocycles. The minimum absolute atomic E-state index is 0.00729. The van der Waals surface area contributed by atoms with Gasteiger partial charge in [0.25, 0.3) is 0 Å². The molecule has 1 atom stereocenters. The summed E-state index contributed by atoms with van der Waals surface area (Å²) >= 11 is 0. The summed E-state index contributed by atoms with van der Waals surface area (Å²) < 4.78 is 32.5. The highest BCUT2D eigenvalue weighted by Crippen LogP contribution is 2.32. The van der Waals surface area contributed by atoms with E-state index in [0.29, 0.717) is 5.69 Å². The largest absolute Gasteiger partial charge is 0.495 e. The second kappa shape index (κ2) is 7.29. The molecule has 1 aliphatic carbocycles. The first-order chi connectivity index (χ1) is 10.9. The maximum absolute atomic E-state index is 12.4. The standard InChI is InChI=1S/C15H23N3O4S/c1-10(16-2)9-17-23(20,21)14-7-6-12(8-13(14)22-3)18-15(19)11-4-5-11/h6-8,10-11,16-17H,4-5,9H2,1-3H3,(H,18,19). The monoisotopic (exact) mass is 341 g/mol. The molecule has 1 fully saturated rings. The Morgan fingerprint density at radius 1 is 1.39 bits per heavy atom. The third-order valence-electron chi connectivity index (χ3n) is 3.74. The summed E-state index contributed by atoms with van der Waals surface area (Å²) in [4.78, 5) is 11.8. The fraction of sp³-hybridized carbons (Fsp3) is 0.533. The van der Waals surface area contributed by atoms with Crippen molar-refractivity contribution in [1.29, 1.82) is 0 Å². The Labute approximate surface area is 136 Å². The summed E-state index contributed by atoms with van der Waals surface area (Å²) in [6.07, 6.45) is 1.81. The van der Waals surface area contributed by atoms with Crippen LogP contribution in [0, 0.1) is 5.92 Å². The number of hydrogen-bond donors (Lipinski definition) is 3. The first-order valence-electron chi connectivity index (χ1n) is 7.53. The topological polar surface area (TPSA) is 96.5 Å². The van der Waals surface area contributed by atoms with Gasteiger partial charge in [0.05, 0.1) is 7.11 Å². The molecule has 1 aliphatic rings. The van der Waals surface area contributed by atoms with Crippen LogP contribution in [0.5, 0.6) is 5.75 Å². The average molecular weight is 341 g/mol. The van der Waals surface area contributed by atoms with Crippen LogP contribution >= 0.6 is 0 Å². The van der Waals surface area contributed by atoms with Gasteiger partial charge in [-0.3, -0.25) is 4.79 Å². The van der Waals surface area contributed by atoms with Crippen molar-refractivity contribution in [2.24, 2.45) is 5.92 Å². The van der Waals surface area contributed by atoms with Crippen molar-refractivity contribution in [1.82, 2.24) is 10.0 Å². The number of sulfonamides is 1. The summed E-state index contributed by atoms with van der Waals surface area (Å²) in [5.74, 6) is 0.237. The number of amides is 1. The third kappa shape index (κ3) is 4.66. The molecule has 0 radical (unpaired) electrons. The summed E-state index contributed by atoms with van der Waals surface area (Å²) in [5.41, 5.74) is 0.529. The highest BCUT2D eigenvalue weighted by molar-refractivity contribution is 7.89. The van der Waals surface area contributed by atoms with Gasteiger partial charge in [-0.2, -0.15) is 0 Å². The quantitative estimate of drug-likeness (QED) is 0.654. The molecule has 1 unspecified atom stereocenters.